The number of nitrogens with one attached hydrogen (secondary N) is 2. The molecule has 0 radical (unpaired) electrons. The SMILES string of the molecule is CC(C)(C)C(NC=O)C(=O)N1C[C@]2(C[C@H]1C(=O)NC(CC1CCC1)C(=O)C(N)=O)C(C)(C)C21CCC1. The Balaban J connectivity index is 1.63. The molecule has 3 aliphatic carbocycles. The minimum absolute atomic E-state index is 0.0184. The summed E-state index contributed by atoms with van der Waals surface area (Å²) in [6.07, 6.45) is 7.70. The van der Waals surface area contributed by atoms with Crippen LogP contribution in [0.25, 0.3) is 0 Å². The molecular formula is C27H42N4O5. The zero-order valence-electron chi connectivity index (χ0n) is 22.3. The quantitative estimate of drug-likeness (QED) is 0.325. The van der Waals surface area contributed by atoms with Gasteiger partial charge in [0.2, 0.25) is 24.0 Å². The largest absolute Gasteiger partial charge is 0.363 e. The van der Waals surface area contributed by atoms with Gasteiger partial charge in [-0.25, -0.2) is 0 Å². The topological polar surface area (TPSA) is 139 Å². The first-order valence-electron chi connectivity index (χ1n) is 13.4. The zero-order valence-corrected chi connectivity index (χ0v) is 22.3. The zero-order chi connectivity index (χ0) is 26.7. The van der Waals surface area contributed by atoms with Crippen molar-refractivity contribution in [2.45, 2.75) is 104 Å². The molecule has 0 aromatic heterocycles. The molecule has 4 rings (SSSR count). The molecule has 1 aliphatic heterocycles. The fourth-order valence-electron chi connectivity index (χ4n) is 7.72. The van der Waals surface area contributed by atoms with Crippen LogP contribution in [-0.4, -0.2) is 59.5 Å². The summed E-state index contributed by atoms with van der Waals surface area (Å²) in [5.41, 5.74) is 4.65. The summed E-state index contributed by atoms with van der Waals surface area (Å²) >= 11 is 0. The van der Waals surface area contributed by atoms with Crippen LogP contribution in [-0.2, 0) is 24.0 Å². The van der Waals surface area contributed by atoms with E-state index in [2.05, 4.69) is 24.5 Å². The number of likely N-dealkylation sites (tertiary alicyclic amines) is 1. The fourth-order valence-corrected chi connectivity index (χ4v) is 7.72. The van der Waals surface area contributed by atoms with Gasteiger partial charge in [-0.15, -0.1) is 0 Å². The number of nitrogens with zero attached hydrogens (tertiary/aromatic N) is 1. The molecule has 1 heterocycles. The van der Waals surface area contributed by atoms with Gasteiger partial charge in [0.25, 0.3) is 5.91 Å². The molecule has 1 saturated heterocycles. The van der Waals surface area contributed by atoms with Crippen LogP contribution in [0.2, 0.25) is 0 Å². The van der Waals surface area contributed by atoms with E-state index < -0.39 is 41.1 Å². The van der Waals surface area contributed by atoms with Crippen LogP contribution < -0.4 is 16.4 Å². The maximum absolute atomic E-state index is 13.9. The van der Waals surface area contributed by atoms with Crippen molar-refractivity contribution in [3.05, 3.63) is 0 Å². The van der Waals surface area contributed by atoms with Crippen molar-refractivity contribution in [1.82, 2.24) is 15.5 Å². The number of carbonyl (C=O) groups excluding carboxylic acids is 5. The molecule has 4 aliphatic rings. The lowest BCUT2D eigenvalue weighted by Crippen LogP contribution is -2.58. The Hall–Kier alpha value is -2.45. The second kappa shape index (κ2) is 8.84. The summed E-state index contributed by atoms with van der Waals surface area (Å²) in [6.45, 7) is 10.5. The summed E-state index contributed by atoms with van der Waals surface area (Å²) in [5, 5.41) is 5.49. The molecule has 4 atom stereocenters. The average Bonchev–Trinajstić information content (AvgIpc) is 2.97. The Bertz CT molecular complexity index is 962. The second-order valence-corrected chi connectivity index (χ2v) is 13.2. The normalized spacial score (nSPS) is 29.6. The van der Waals surface area contributed by atoms with Gasteiger partial charge in [-0.05, 0) is 47.8 Å². The van der Waals surface area contributed by atoms with Crippen molar-refractivity contribution in [1.29, 1.82) is 0 Å². The molecule has 3 saturated carbocycles. The van der Waals surface area contributed by atoms with E-state index in [1.807, 2.05) is 20.8 Å². The Kier molecular flexibility index (Phi) is 6.53. The highest BCUT2D eigenvalue weighted by molar-refractivity contribution is 6.37. The number of hydrogen-bond acceptors (Lipinski definition) is 5. The van der Waals surface area contributed by atoms with Gasteiger partial charge in [-0.2, -0.15) is 0 Å². The van der Waals surface area contributed by atoms with Gasteiger partial charge in [0.05, 0.1) is 6.04 Å². The number of ketones is 1. The Morgan fingerprint density at radius 3 is 2.14 bits per heavy atom. The lowest BCUT2D eigenvalue weighted by atomic mass is 9.73. The van der Waals surface area contributed by atoms with E-state index in [9.17, 15) is 24.0 Å². The molecule has 200 valence electrons. The molecule has 0 bridgehead atoms. The predicted octanol–water partition coefficient (Wildman–Crippen LogP) is 1.67. The molecular weight excluding hydrogens is 460 g/mol. The van der Waals surface area contributed by atoms with Crippen molar-refractivity contribution in [2.24, 2.45) is 33.3 Å². The molecule has 36 heavy (non-hydrogen) atoms. The number of Topliss-reactive ketones (excluding diaryl/α,β-unsaturated/α-hetero) is 1. The molecule has 9 nitrogen and oxygen atoms in total. The summed E-state index contributed by atoms with van der Waals surface area (Å²) < 4.78 is 0. The van der Waals surface area contributed by atoms with E-state index >= 15 is 0 Å². The number of carbonyl (C=O) groups is 5. The number of amides is 4. The molecule has 4 amide bonds. The van der Waals surface area contributed by atoms with E-state index in [0.717, 1.165) is 38.5 Å². The molecule has 2 unspecified atom stereocenters. The number of nitrogens with two attached hydrogens (primary N) is 1. The van der Waals surface area contributed by atoms with Crippen LogP contribution in [0.3, 0.4) is 0 Å². The average molecular weight is 503 g/mol. The van der Waals surface area contributed by atoms with Gasteiger partial charge in [-0.1, -0.05) is 60.3 Å². The van der Waals surface area contributed by atoms with E-state index in [1.165, 1.54) is 0 Å². The van der Waals surface area contributed by atoms with Crippen LogP contribution in [0.4, 0.5) is 0 Å². The lowest BCUT2D eigenvalue weighted by Gasteiger charge is -2.35. The number of primary amides is 1. The monoisotopic (exact) mass is 502 g/mol. The molecule has 0 aromatic carbocycles. The first-order valence-corrected chi connectivity index (χ1v) is 13.4. The number of rotatable bonds is 9. The van der Waals surface area contributed by atoms with Crippen molar-refractivity contribution < 1.29 is 24.0 Å². The fraction of sp³-hybridized carbons (Fsp3) is 0.815. The van der Waals surface area contributed by atoms with Gasteiger partial charge in [0.1, 0.15) is 12.1 Å². The van der Waals surface area contributed by atoms with Gasteiger partial charge < -0.3 is 21.3 Å². The summed E-state index contributed by atoms with van der Waals surface area (Å²) in [4.78, 5) is 65.0. The van der Waals surface area contributed by atoms with Crippen molar-refractivity contribution in [2.75, 3.05) is 6.54 Å². The van der Waals surface area contributed by atoms with E-state index in [4.69, 9.17) is 5.73 Å². The van der Waals surface area contributed by atoms with E-state index in [1.54, 1.807) is 4.90 Å². The molecule has 2 spiro atoms. The lowest BCUT2D eigenvalue weighted by molar-refractivity contribution is -0.144. The highest BCUT2D eigenvalue weighted by atomic mass is 16.2. The van der Waals surface area contributed by atoms with Gasteiger partial charge in [0.15, 0.2) is 0 Å². The second-order valence-electron chi connectivity index (χ2n) is 13.2. The third-order valence-electron chi connectivity index (χ3n) is 10.4. The van der Waals surface area contributed by atoms with Crippen LogP contribution >= 0.6 is 0 Å². The highest BCUT2D eigenvalue weighted by Crippen LogP contribution is 2.88. The maximum Gasteiger partial charge on any atom is 0.287 e. The Morgan fingerprint density at radius 1 is 1.08 bits per heavy atom. The van der Waals surface area contributed by atoms with Crippen LogP contribution in [0, 0.1) is 27.6 Å². The molecule has 4 N–H and O–H groups in total. The summed E-state index contributed by atoms with van der Waals surface area (Å²) in [6, 6.07) is -2.55. The van der Waals surface area contributed by atoms with Crippen LogP contribution in [0.1, 0.15) is 86.0 Å². The highest BCUT2D eigenvalue weighted by Gasteiger charge is 2.85. The molecule has 9 heteroatoms. The van der Waals surface area contributed by atoms with E-state index in [-0.39, 0.29) is 28.1 Å². The van der Waals surface area contributed by atoms with Crippen molar-refractivity contribution >= 4 is 29.9 Å². The standard InChI is InChI=1S/C27H42N4O5/c1-24(2,3)20(29-15-32)23(36)31-14-27(25(4,5)26(27)10-7-11-26)13-18(31)22(35)30-17(19(33)21(28)34)12-16-8-6-9-16/h15-18,20H,6-14H2,1-5H3,(H2,28,34)(H,29,32)(H,30,35)/t17?,18-,20?,27+/m0/s1. The third-order valence-corrected chi connectivity index (χ3v) is 10.4. The molecule has 0 aromatic rings. The summed E-state index contributed by atoms with van der Waals surface area (Å²) in [5.74, 6) is -2.29. The van der Waals surface area contributed by atoms with Crippen LogP contribution in [0.15, 0.2) is 0 Å². The van der Waals surface area contributed by atoms with Gasteiger partial charge in [0, 0.05) is 12.0 Å². The van der Waals surface area contributed by atoms with Gasteiger partial charge in [-0.3, -0.25) is 24.0 Å². The van der Waals surface area contributed by atoms with Crippen molar-refractivity contribution in [3.63, 3.8) is 0 Å². The predicted molar refractivity (Wildman–Crippen MR) is 133 cm³/mol. The van der Waals surface area contributed by atoms with Gasteiger partial charge >= 0.3 is 0 Å². The van der Waals surface area contributed by atoms with Crippen LogP contribution in [0.5, 0.6) is 0 Å². The first-order chi connectivity index (χ1) is 16.7. The number of hydrogen-bond donors (Lipinski definition) is 3. The van der Waals surface area contributed by atoms with E-state index in [0.29, 0.717) is 25.8 Å². The third kappa shape index (κ3) is 3.84. The Labute approximate surface area is 213 Å². The maximum atomic E-state index is 13.9. The number of fused-ring (bicyclic) bond motifs is 1. The van der Waals surface area contributed by atoms with Crippen molar-refractivity contribution in [3.8, 4) is 0 Å². The minimum Gasteiger partial charge on any atom is -0.363 e. The minimum atomic E-state index is -1.06. The smallest absolute Gasteiger partial charge is 0.287 e. The Morgan fingerprint density at radius 2 is 1.72 bits per heavy atom. The summed E-state index contributed by atoms with van der Waals surface area (Å²) in [7, 11) is 0. The first kappa shape index (κ1) is 26.6. The molecule has 4 fully saturated rings.